The van der Waals surface area contributed by atoms with Crippen LogP contribution in [0.2, 0.25) is 0 Å². The Bertz CT molecular complexity index is 216. The molecular formula is C6H12N4. The first-order valence-electron chi connectivity index (χ1n) is 3.26. The van der Waals surface area contributed by atoms with E-state index in [9.17, 15) is 0 Å². The van der Waals surface area contributed by atoms with Crippen molar-refractivity contribution in [3.8, 4) is 0 Å². The van der Waals surface area contributed by atoms with Crippen LogP contribution in [0.15, 0.2) is 6.20 Å². The molecule has 0 atom stereocenters. The van der Waals surface area contributed by atoms with E-state index < -0.39 is 0 Å². The van der Waals surface area contributed by atoms with E-state index in [0.717, 1.165) is 12.5 Å². The van der Waals surface area contributed by atoms with Gasteiger partial charge in [0.25, 0.3) is 0 Å². The van der Waals surface area contributed by atoms with Gasteiger partial charge in [-0.05, 0) is 6.92 Å². The van der Waals surface area contributed by atoms with Crippen LogP contribution < -0.4 is 11.1 Å². The lowest BCUT2D eigenvalue weighted by atomic mass is 10.7. The van der Waals surface area contributed by atoms with Gasteiger partial charge < -0.3 is 15.6 Å². The zero-order chi connectivity index (χ0) is 7.56. The van der Waals surface area contributed by atoms with Crippen LogP contribution in [-0.4, -0.2) is 16.1 Å². The SMILES string of the molecule is CCNc1ncc(N)n1C. The second-order valence-electron chi connectivity index (χ2n) is 2.10. The maximum absolute atomic E-state index is 5.53. The first-order valence-corrected chi connectivity index (χ1v) is 3.26. The Morgan fingerprint density at radius 1 is 1.80 bits per heavy atom. The third-order valence-corrected chi connectivity index (χ3v) is 1.36. The molecular weight excluding hydrogens is 128 g/mol. The molecule has 0 aliphatic heterocycles. The molecule has 0 unspecified atom stereocenters. The van der Waals surface area contributed by atoms with Crippen molar-refractivity contribution < 1.29 is 0 Å². The number of nitrogen functional groups attached to an aromatic ring is 1. The third kappa shape index (κ3) is 1.05. The zero-order valence-electron chi connectivity index (χ0n) is 6.26. The van der Waals surface area contributed by atoms with Crippen molar-refractivity contribution in [2.75, 3.05) is 17.6 Å². The first kappa shape index (κ1) is 6.92. The molecule has 0 radical (unpaired) electrons. The molecule has 1 heterocycles. The highest BCUT2D eigenvalue weighted by Gasteiger charge is 1.99. The molecule has 56 valence electrons. The second kappa shape index (κ2) is 2.60. The lowest BCUT2D eigenvalue weighted by Crippen LogP contribution is -2.05. The monoisotopic (exact) mass is 140 g/mol. The van der Waals surface area contributed by atoms with Crippen LogP contribution in [0.5, 0.6) is 0 Å². The minimum atomic E-state index is 0.677. The molecule has 1 aromatic heterocycles. The molecule has 0 amide bonds. The summed E-state index contributed by atoms with van der Waals surface area (Å²) < 4.78 is 1.81. The van der Waals surface area contributed by atoms with Crippen LogP contribution >= 0.6 is 0 Å². The smallest absolute Gasteiger partial charge is 0.204 e. The van der Waals surface area contributed by atoms with Gasteiger partial charge in [-0.15, -0.1) is 0 Å². The number of hydrogen-bond donors (Lipinski definition) is 2. The molecule has 0 bridgehead atoms. The van der Waals surface area contributed by atoms with Crippen LogP contribution in [-0.2, 0) is 7.05 Å². The molecule has 0 aliphatic carbocycles. The van der Waals surface area contributed by atoms with Crippen LogP contribution in [0, 0.1) is 0 Å². The molecule has 4 heteroatoms. The summed E-state index contributed by atoms with van der Waals surface area (Å²) >= 11 is 0. The molecule has 0 aromatic carbocycles. The normalized spacial score (nSPS) is 9.80. The number of aromatic nitrogens is 2. The van der Waals surface area contributed by atoms with Gasteiger partial charge in [0.2, 0.25) is 5.95 Å². The Labute approximate surface area is 60.1 Å². The predicted molar refractivity (Wildman–Crippen MR) is 41.8 cm³/mol. The predicted octanol–water partition coefficient (Wildman–Crippen LogP) is 0.434. The first-order chi connectivity index (χ1) is 4.75. The fourth-order valence-electron chi connectivity index (χ4n) is 0.745. The number of imidazole rings is 1. The fourth-order valence-corrected chi connectivity index (χ4v) is 0.745. The number of hydrogen-bond acceptors (Lipinski definition) is 3. The second-order valence-corrected chi connectivity index (χ2v) is 2.10. The van der Waals surface area contributed by atoms with Gasteiger partial charge in [-0.3, -0.25) is 0 Å². The van der Waals surface area contributed by atoms with Crippen molar-refractivity contribution in [1.29, 1.82) is 0 Å². The summed E-state index contributed by atoms with van der Waals surface area (Å²) in [6.07, 6.45) is 1.64. The van der Waals surface area contributed by atoms with Crippen molar-refractivity contribution >= 4 is 11.8 Å². The molecule has 3 N–H and O–H groups in total. The minimum absolute atomic E-state index is 0.677. The highest BCUT2D eigenvalue weighted by Crippen LogP contribution is 2.07. The Hall–Kier alpha value is -1.19. The number of nitrogens with two attached hydrogens (primary N) is 1. The van der Waals surface area contributed by atoms with Crippen LogP contribution in [0.4, 0.5) is 11.8 Å². The summed E-state index contributed by atoms with van der Waals surface area (Å²) in [6.45, 7) is 2.88. The average Bonchev–Trinajstić information content (AvgIpc) is 2.20. The van der Waals surface area contributed by atoms with E-state index in [0.29, 0.717) is 5.82 Å². The van der Waals surface area contributed by atoms with E-state index in [-0.39, 0.29) is 0 Å². The van der Waals surface area contributed by atoms with Gasteiger partial charge in [-0.25, -0.2) is 4.98 Å². The lowest BCUT2D eigenvalue weighted by molar-refractivity contribution is 0.917. The molecule has 1 aromatic rings. The van der Waals surface area contributed by atoms with E-state index in [1.165, 1.54) is 0 Å². The van der Waals surface area contributed by atoms with Gasteiger partial charge in [0.05, 0.1) is 6.20 Å². The number of anilines is 2. The molecule has 10 heavy (non-hydrogen) atoms. The Balaban J connectivity index is 2.83. The summed E-state index contributed by atoms with van der Waals surface area (Å²) in [5.74, 6) is 1.50. The van der Waals surface area contributed by atoms with Gasteiger partial charge in [0.15, 0.2) is 0 Å². The molecule has 0 spiro atoms. The van der Waals surface area contributed by atoms with Gasteiger partial charge >= 0.3 is 0 Å². The van der Waals surface area contributed by atoms with Crippen LogP contribution in [0.3, 0.4) is 0 Å². The highest BCUT2D eigenvalue weighted by atomic mass is 15.2. The topological polar surface area (TPSA) is 55.9 Å². The average molecular weight is 140 g/mol. The maximum atomic E-state index is 5.53. The molecule has 0 saturated heterocycles. The molecule has 0 fully saturated rings. The van der Waals surface area contributed by atoms with E-state index in [4.69, 9.17) is 5.73 Å². The van der Waals surface area contributed by atoms with Crippen LogP contribution in [0.1, 0.15) is 6.92 Å². The van der Waals surface area contributed by atoms with Crippen molar-refractivity contribution in [1.82, 2.24) is 9.55 Å². The standard InChI is InChI=1S/C6H12N4/c1-3-8-6-9-4-5(7)10(6)2/h4H,3,7H2,1-2H3,(H,8,9). The molecule has 0 saturated carbocycles. The maximum Gasteiger partial charge on any atom is 0.204 e. The minimum Gasteiger partial charge on any atom is -0.384 e. The summed E-state index contributed by atoms with van der Waals surface area (Å²) in [7, 11) is 1.88. The Kier molecular flexibility index (Phi) is 1.80. The lowest BCUT2D eigenvalue weighted by Gasteiger charge is -2.02. The largest absolute Gasteiger partial charge is 0.384 e. The zero-order valence-corrected chi connectivity index (χ0v) is 6.26. The van der Waals surface area contributed by atoms with E-state index in [1.807, 2.05) is 18.5 Å². The molecule has 1 rings (SSSR count). The van der Waals surface area contributed by atoms with Gasteiger partial charge in [-0.1, -0.05) is 0 Å². The summed E-state index contributed by atoms with van der Waals surface area (Å²) in [5, 5.41) is 3.07. The van der Waals surface area contributed by atoms with Crippen molar-refractivity contribution in [2.45, 2.75) is 6.92 Å². The van der Waals surface area contributed by atoms with Crippen molar-refractivity contribution in [3.63, 3.8) is 0 Å². The number of nitrogens with one attached hydrogen (secondary N) is 1. The number of nitrogens with zero attached hydrogens (tertiary/aromatic N) is 2. The summed E-state index contributed by atoms with van der Waals surface area (Å²) in [6, 6.07) is 0. The highest BCUT2D eigenvalue weighted by molar-refractivity contribution is 5.39. The number of rotatable bonds is 2. The Morgan fingerprint density at radius 3 is 2.90 bits per heavy atom. The summed E-state index contributed by atoms with van der Waals surface area (Å²) in [5.41, 5.74) is 5.53. The van der Waals surface area contributed by atoms with E-state index in [2.05, 4.69) is 10.3 Å². The van der Waals surface area contributed by atoms with Gasteiger partial charge in [0, 0.05) is 13.6 Å². The van der Waals surface area contributed by atoms with Crippen molar-refractivity contribution in [3.05, 3.63) is 6.20 Å². The fraction of sp³-hybridized carbons (Fsp3) is 0.500. The summed E-state index contributed by atoms with van der Waals surface area (Å²) in [4.78, 5) is 4.03. The quantitative estimate of drug-likeness (QED) is 0.626. The molecule has 0 aliphatic rings. The van der Waals surface area contributed by atoms with Crippen molar-refractivity contribution in [2.24, 2.45) is 7.05 Å². The third-order valence-electron chi connectivity index (χ3n) is 1.36. The van der Waals surface area contributed by atoms with E-state index in [1.54, 1.807) is 6.20 Å². The van der Waals surface area contributed by atoms with Gasteiger partial charge in [-0.2, -0.15) is 0 Å². The van der Waals surface area contributed by atoms with Gasteiger partial charge in [0.1, 0.15) is 5.82 Å². The van der Waals surface area contributed by atoms with E-state index >= 15 is 0 Å². The Morgan fingerprint density at radius 2 is 2.50 bits per heavy atom. The van der Waals surface area contributed by atoms with Crippen LogP contribution in [0.25, 0.3) is 0 Å². The molecule has 4 nitrogen and oxygen atoms in total.